The number of hydrogen-bond donors (Lipinski definition) is 1. The molecule has 0 saturated carbocycles. The molecule has 2 aliphatic heterocycles. The lowest BCUT2D eigenvalue weighted by Crippen LogP contribution is -2.45. The van der Waals surface area contributed by atoms with Gasteiger partial charge in [-0.25, -0.2) is 4.98 Å². The van der Waals surface area contributed by atoms with Crippen LogP contribution in [0.3, 0.4) is 0 Å². The van der Waals surface area contributed by atoms with E-state index in [4.69, 9.17) is 0 Å². The van der Waals surface area contributed by atoms with Gasteiger partial charge in [-0.15, -0.1) is 0 Å². The first-order valence-electron chi connectivity index (χ1n) is 11.2. The molecule has 2 aliphatic rings. The van der Waals surface area contributed by atoms with Crippen LogP contribution in [0.5, 0.6) is 0 Å². The van der Waals surface area contributed by atoms with Crippen molar-refractivity contribution in [2.24, 2.45) is 11.8 Å². The fourth-order valence-electron chi connectivity index (χ4n) is 5.12. The average molecular weight is 445 g/mol. The number of aromatic amines is 1. The number of carbonyl (C=O) groups excluding carboxylic acids is 1. The van der Waals surface area contributed by atoms with Gasteiger partial charge in [0.2, 0.25) is 5.91 Å². The monoisotopic (exact) mass is 445 g/mol. The van der Waals surface area contributed by atoms with Crippen LogP contribution >= 0.6 is 0 Å². The maximum absolute atomic E-state index is 13.1. The normalized spacial score (nSPS) is 20.9. The van der Waals surface area contributed by atoms with E-state index in [0.717, 1.165) is 53.6 Å². The first-order valence-corrected chi connectivity index (χ1v) is 11.2. The van der Waals surface area contributed by atoms with Crippen LogP contribution in [-0.4, -0.2) is 58.1 Å². The smallest absolute Gasteiger partial charge is 0.371 e. The Labute approximate surface area is 183 Å². The molecule has 5 rings (SSSR count). The lowest BCUT2D eigenvalue weighted by Gasteiger charge is -2.37. The molecule has 32 heavy (non-hydrogen) atoms. The number of anilines is 1. The van der Waals surface area contributed by atoms with E-state index < -0.39 is 12.1 Å². The Bertz CT molecular complexity index is 1120. The lowest BCUT2D eigenvalue weighted by molar-refractivity contribution is -0.188. The summed E-state index contributed by atoms with van der Waals surface area (Å²) in [6.45, 7) is 1.85. The molecule has 0 aromatic carbocycles. The zero-order chi connectivity index (χ0) is 22.3. The fourth-order valence-corrected chi connectivity index (χ4v) is 5.12. The van der Waals surface area contributed by atoms with E-state index in [1.807, 2.05) is 18.3 Å². The summed E-state index contributed by atoms with van der Waals surface area (Å²) in [7, 11) is 0. The van der Waals surface area contributed by atoms with Crippen molar-refractivity contribution in [1.29, 1.82) is 0 Å². The van der Waals surface area contributed by atoms with Gasteiger partial charge in [0.05, 0.1) is 17.6 Å². The molecule has 1 atom stereocenters. The van der Waals surface area contributed by atoms with Gasteiger partial charge < -0.3 is 14.8 Å². The van der Waals surface area contributed by atoms with Crippen molar-refractivity contribution in [2.45, 2.75) is 38.3 Å². The number of nitrogens with one attached hydrogen (secondary N) is 1. The molecular formula is C23H26F3N5O. The van der Waals surface area contributed by atoms with Gasteiger partial charge in [-0.05, 0) is 43.7 Å². The SMILES string of the molecule is O=C(CC1CCN(c2ccnc3cnc4[nH]ccc4c23)CC1)N1CCCC(C(F)(F)F)C1. The molecule has 170 valence electrons. The zero-order valence-corrected chi connectivity index (χ0v) is 17.7. The minimum atomic E-state index is -4.22. The quantitative estimate of drug-likeness (QED) is 0.644. The van der Waals surface area contributed by atoms with Crippen molar-refractivity contribution in [1.82, 2.24) is 19.9 Å². The Kier molecular flexibility index (Phi) is 5.43. The first kappa shape index (κ1) is 21.0. The van der Waals surface area contributed by atoms with E-state index in [2.05, 4.69) is 19.9 Å². The summed E-state index contributed by atoms with van der Waals surface area (Å²) in [4.78, 5) is 28.5. The molecule has 9 heteroatoms. The fraction of sp³-hybridized carbons (Fsp3) is 0.522. The molecule has 5 heterocycles. The van der Waals surface area contributed by atoms with E-state index >= 15 is 0 Å². The number of likely N-dealkylation sites (tertiary alicyclic amines) is 1. The topological polar surface area (TPSA) is 65.1 Å². The van der Waals surface area contributed by atoms with Crippen molar-refractivity contribution in [3.8, 4) is 0 Å². The summed E-state index contributed by atoms with van der Waals surface area (Å²) in [5, 5.41) is 2.10. The number of nitrogens with zero attached hydrogens (tertiary/aromatic N) is 4. The number of H-pyrrole nitrogens is 1. The highest BCUT2D eigenvalue weighted by Gasteiger charge is 2.42. The second-order valence-corrected chi connectivity index (χ2v) is 8.94. The predicted molar refractivity (Wildman–Crippen MR) is 116 cm³/mol. The molecule has 3 aromatic heterocycles. The number of aromatic nitrogens is 3. The van der Waals surface area contributed by atoms with E-state index in [1.165, 1.54) is 4.90 Å². The summed E-state index contributed by atoms with van der Waals surface area (Å²) in [6.07, 6.45) is 3.77. The van der Waals surface area contributed by atoms with Gasteiger partial charge >= 0.3 is 6.18 Å². The summed E-state index contributed by atoms with van der Waals surface area (Å²) in [6, 6.07) is 4.03. The minimum absolute atomic E-state index is 0.121. The number of alkyl halides is 3. The third kappa shape index (κ3) is 4.00. The molecular weight excluding hydrogens is 419 g/mol. The molecule has 3 aromatic rings. The second-order valence-electron chi connectivity index (χ2n) is 8.94. The van der Waals surface area contributed by atoms with Crippen LogP contribution in [0.25, 0.3) is 21.9 Å². The summed E-state index contributed by atoms with van der Waals surface area (Å²) in [5.41, 5.74) is 2.78. The maximum Gasteiger partial charge on any atom is 0.393 e. The Hall–Kier alpha value is -2.84. The van der Waals surface area contributed by atoms with E-state index in [1.54, 1.807) is 12.4 Å². The number of halogens is 3. The maximum atomic E-state index is 13.1. The number of piperidine rings is 2. The Morgan fingerprint density at radius 2 is 1.94 bits per heavy atom. The van der Waals surface area contributed by atoms with E-state index in [-0.39, 0.29) is 24.8 Å². The van der Waals surface area contributed by atoms with Crippen LogP contribution in [0.15, 0.2) is 30.7 Å². The zero-order valence-electron chi connectivity index (χ0n) is 17.7. The number of carbonyl (C=O) groups is 1. The van der Waals surface area contributed by atoms with Crippen molar-refractivity contribution in [2.75, 3.05) is 31.1 Å². The molecule has 6 nitrogen and oxygen atoms in total. The summed E-state index contributed by atoms with van der Waals surface area (Å²) in [5.74, 6) is -1.32. The van der Waals surface area contributed by atoms with Gasteiger partial charge in [-0.3, -0.25) is 9.78 Å². The number of rotatable bonds is 3. The molecule has 2 fully saturated rings. The van der Waals surface area contributed by atoms with Gasteiger partial charge in [-0.2, -0.15) is 13.2 Å². The van der Waals surface area contributed by atoms with E-state index in [0.29, 0.717) is 19.4 Å². The van der Waals surface area contributed by atoms with Crippen molar-refractivity contribution >= 4 is 33.5 Å². The Balaban J connectivity index is 1.24. The highest BCUT2D eigenvalue weighted by molar-refractivity contribution is 6.09. The van der Waals surface area contributed by atoms with Crippen LogP contribution in [0.4, 0.5) is 18.9 Å². The van der Waals surface area contributed by atoms with Gasteiger partial charge in [0, 0.05) is 61.5 Å². The van der Waals surface area contributed by atoms with Crippen LogP contribution in [0, 0.1) is 11.8 Å². The molecule has 0 radical (unpaired) electrons. The molecule has 0 spiro atoms. The molecule has 1 amide bonds. The van der Waals surface area contributed by atoms with Crippen LogP contribution < -0.4 is 4.90 Å². The molecule has 1 N–H and O–H groups in total. The second kappa shape index (κ2) is 8.26. The highest BCUT2D eigenvalue weighted by atomic mass is 19.4. The standard InChI is InChI=1S/C23H26F3N5O/c24-23(25,26)16-2-1-9-31(14-16)20(32)12-15-5-10-30(11-6-15)19-4-8-27-18-13-29-22-17(21(18)19)3-7-28-22/h3-4,7-8,13,15-16H,1-2,5-6,9-12,14H2,(H,28,29). The molecule has 1 unspecified atom stereocenters. The van der Waals surface area contributed by atoms with Crippen molar-refractivity contribution in [3.63, 3.8) is 0 Å². The van der Waals surface area contributed by atoms with Gasteiger partial charge in [0.15, 0.2) is 0 Å². The van der Waals surface area contributed by atoms with E-state index in [9.17, 15) is 18.0 Å². The van der Waals surface area contributed by atoms with Crippen LogP contribution in [-0.2, 0) is 4.79 Å². The number of hydrogen-bond acceptors (Lipinski definition) is 4. The third-order valence-electron chi connectivity index (χ3n) is 6.92. The molecule has 2 saturated heterocycles. The van der Waals surface area contributed by atoms with Crippen molar-refractivity contribution in [3.05, 3.63) is 30.7 Å². The summed E-state index contributed by atoms with van der Waals surface area (Å²) >= 11 is 0. The van der Waals surface area contributed by atoms with Gasteiger partial charge in [-0.1, -0.05) is 0 Å². The van der Waals surface area contributed by atoms with Gasteiger partial charge in [0.25, 0.3) is 0 Å². The Morgan fingerprint density at radius 3 is 2.72 bits per heavy atom. The predicted octanol–water partition coefficient (Wildman–Crippen LogP) is 4.52. The summed E-state index contributed by atoms with van der Waals surface area (Å²) < 4.78 is 39.2. The van der Waals surface area contributed by atoms with Crippen LogP contribution in [0.1, 0.15) is 32.1 Å². The lowest BCUT2D eigenvalue weighted by atomic mass is 9.91. The minimum Gasteiger partial charge on any atom is -0.371 e. The Morgan fingerprint density at radius 1 is 1.12 bits per heavy atom. The highest BCUT2D eigenvalue weighted by Crippen LogP contribution is 2.35. The number of fused-ring (bicyclic) bond motifs is 3. The first-order chi connectivity index (χ1) is 15.4. The third-order valence-corrected chi connectivity index (χ3v) is 6.92. The van der Waals surface area contributed by atoms with Crippen LogP contribution in [0.2, 0.25) is 0 Å². The van der Waals surface area contributed by atoms with Gasteiger partial charge in [0.1, 0.15) is 5.65 Å². The van der Waals surface area contributed by atoms with Crippen molar-refractivity contribution < 1.29 is 18.0 Å². The molecule has 0 bridgehead atoms. The largest absolute Gasteiger partial charge is 0.393 e. The number of amides is 1. The molecule has 0 aliphatic carbocycles. The number of pyridine rings is 2. The average Bonchev–Trinajstić information content (AvgIpc) is 3.28.